The smallest absolute Gasteiger partial charge is 0.189 e. The van der Waals surface area contributed by atoms with E-state index < -0.39 is 87.0 Å². The van der Waals surface area contributed by atoms with Crippen LogP contribution in [-0.2, 0) is 18.9 Å². The standard InChI is InChI=1S/C35H46F8N2O4/c1-3-5-7-9-11-13-15-44-31-27(40)23(36)21(24(37)28(31)41)33-46-17-35(18-47-33)19-48-34(49-20-35)22-25(38)29(42)32(30(43)26(22)39)45-16-14-12-10-8-6-4-2/h33-34,44-45H,3-20H2,1-2H3. The van der Waals surface area contributed by atoms with E-state index in [0.717, 1.165) is 64.2 Å². The molecule has 2 aromatic carbocycles. The van der Waals surface area contributed by atoms with Crippen LogP contribution in [0.25, 0.3) is 0 Å². The Hall–Kier alpha value is -2.68. The first-order valence-electron chi connectivity index (χ1n) is 17.2. The SMILES string of the molecule is CCCCCCCCNc1c(F)c(F)c(C2OCC3(CO2)COC(c2c(F)c(F)c(NCCCCCCCC)c(F)c2F)OC3)c(F)c1F. The second-order valence-electron chi connectivity index (χ2n) is 12.9. The van der Waals surface area contributed by atoms with Gasteiger partial charge in [-0.2, -0.15) is 0 Å². The molecule has 1 spiro atoms. The molecule has 6 nitrogen and oxygen atoms in total. The molecule has 49 heavy (non-hydrogen) atoms. The van der Waals surface area contributed by atoms with Gasteiger partial charge in [-0.1, -0.05) is 78.1 Å². The second-order valence-corrected chi connectivity index (χ2v) is 12.9. The van der Waals surface area contributed by atoms with Gasteiger partial charge in [0.2, 0.25) is 0 Å². The molecule has 14 heteroatoms. The Morgan fingerprint density at radius 2 is 0.735 bits per heavy atom. The zero-order valence-electron chi connectivity index (χ0n) is 28.0. The van der Waals surface area contributed by atoms with Crippen molar-refractivity contribution in [1.29, 1.82) is 0 Å². The maximum atomic E-state index is 15.0. The lowest BCUT2D eigenvalue weighted by molar-refractivity contribution is -0.309. The van der Waals surface area contributed by atoms with E-state index >= 15 is 17.6 Å². The molecular weight excluding hydrogens is 664 g/mol. The monoisotopic (exact) mass is 710 g/mol. The summed E-state index contributed by atoms with van der Waals surface area (Å²) in [6.07, 6.45) is 7.27. The molecule has 0 radical (unpaired) electrons. The molecule has 0 aromatic heterocycles. The van der Waals surface area contributed by atoms with Gasteiger partial charge in [0.15, 0.2) is 59.1 Å². The fourth-order valence-corrected chi connectivity index (χ4v) is 5.95. The van der Waals surface area contributed by atoms with Crippen LogP contribution in [0.2, 0.25) is 0 Å². The Morgan fingerprint density at radius 1 is 0.449 bits per heavy atom. The number of hydrogen-bond acceptors (Lipinski definition) is 6. The van der Waals surface area contributed by atoms with E-state index in [0.29, 0.717) is 12.8 Å². The third-order valence-corrected chi connectivity index (χ3v) is 8.89. The van der Waals surface area contributed by atoms with Crippen molar-refractivity contribution in [2.75, 3.05) is 50.2 Å². The highest BCUT2D eigenvalue weighted by Gasteiger charge is 2.46. The maximum absolute atomic E-state index is 15.0. The van der Waals surface area contributed by atoms with E-state index in [2.05, 4.69) is 24.5 Å². The van der Waals surface area contributed by atoms with Crippen LogP contribution in [0.1, 0.15) is 115 Å². The van der Waals surface area contributed by atoms with Gasteiger partial charge in [-0.15, -0.1) is 0 Å². The summed E-state index contributed by atoms with van der Waals surface area (Å²) in [6.45, 7) is 2.94. The summed E-state index contributed by atoms with van der Waals surface area (Å²) in [4.78, 5) is 0. The fourth-order valence-electron chi connectivity index (χ4n) is 5.95. The Labute approximate surface area is 282 Å². The minimum absolute atomic E-state index is 0.117. The van der Waals surface area contributed by atoms with Gasteiger partial charge >= 0.3 is 0 Å². The van der Waals surface area contributed by atoms with Gasteiger partial charge in [-0.05, 0) is 12.8 Å². The first kappa shape index (κ1) is 39.1. The minimum atomic E-state index is -1.82. The summed E-state index contributed by atoms with van der Waals surface area (Å²) in [5.41, 5.74) is -5.20. The van der Waals surface area contributed by atoms with Gasteiger partial charge in [0, 0.05) is 13.1 Å². The zero-order chi connectivity index (χ0) is 35.6. The van der Waals surface area contributed by atoms with E-state index in [4.69, 9.17) is 18.9 Å². The number of halogens is 8. The lowest BCUT2D eigenvalue weighted by atomic mass is 9.90. The molecule has 0 saturated carbocycles. The van der Waals surface area contributed by atoms with Crippen LogP contribution in [0.5, 0.6) is 0 Å². The van der Waals surface area contributed by atoms with Crippen LogP contribution in [-0.4, -0.2) is 39.5 Å². The van der Waals surface area contributed by atoms with Crippen molar-refractivity contribution in [2.45, 2.75) is 103 Å². The number of rotatable bonds is 18. The topological polar surface area (TPSA) is 61.0 Å². The number of anilines is 2. The minimum Gasteiger partial charge on any atom is -0.380 e. The predicted octanol–water partition coefficient (Wildman–Crippen LogP) is 10.1. The predicted molar refractivity (Wildman–Crippen MR) is 168 cm³/mol. The molecule has 276 valence electrons. The summed E-state index contributed by atoms with van der Waals surface area (Å²) in [5, 5.41) is 4.87. The third kappa shape index (κ3) is 9.36. The summed E-state index contributed by atoms with van der Waals surface area (Å²) in [6, 6.07) is 0. The molecule has 0 atom stereocenters. The van der Waals surface area contributed by atoms with E-state index in [-0.39, 0.29) is 39.5 Å². The summed E-state index contributed by atoms with van der Waals surface area (Å²) in [7, 11) is 0. The quantitative estimate of drug-likeness (QED) is 0.0913. The maximum Gasteiger partial charge on any atom is 0.189 e. The lowest BCUT2D eigenvalue weighted by Gasteiger charge is -2.43. The van der Waals surface area contributed by atoms with Gasteiger partial charge in [0.05, 0.1) is 43.0 Å². The number of ether oxygens (including phenoxy) is 4. The molecule has 2 aromatic rings. The molecular formula is C35H46F8N2O4. The van der Waals surface area contributed by atoms with Crippen LogP contribution in [0, 0.1) is 52.0 Å². The van der Waals surface area contributed by atoms with Crippen molar-refractivity contribution in [2.24, 2.45) is 5.41 Å². The van der Waals surface area contributed by atoms with Crippen molar-refractivity contribution in [3.8, 4) is 0 Å². The fraction of sp³-hybridized carbons (Fsp3) is 0.657. The Morgan fingerprint density at radius 3 is 1.04 bits per heavy atom. The van der Waals surface area contributed by atoms with Gasteiger partial charge in [-0.25, -0.2) is 35.1 Å². The van der Waals surface area contributed by atoms with Gasteiger partial charge in [0.1, 0.15) is 11.4 Å². The average molecular weight is 711 g/mol. The van der Waals surface area contributed by atoms with Crippen molar-refractivity contribution in [1.82, 2.24) is 0 Å². The zero-order valence-corrected chi connectivity index (χ0v) is 28.0. The number of benzene rings is 2. The molecule has 0 amide bonds. The van der Waals surface area contributed by atoms with Crippen molar-refractivity contribution in [3.05, 3.63) is 57.7 Å². The molecule has 2 saturated heterocycles. The highest BCUT2D eigenvalue weighted by atomic mass is 19.2. The lowest BCUT2D eigenvalue weighted by Crippen LogP contribution is -2.49. The van der Waals surface area contributed by atoms with Gasteiger partial charge < -0.3 is 29.6 Å². The second kappa shape index (κ2) is 18.5. The molecule has 0 bridgehead atoms. The molecule has 2 N–H and O–H groups in total. The van der Waals surface area contributed by atoms with Crippen molar-refractivity contribution in [3.63, 3.8) is 0 Å². The van der Waals surface area contributed by atoms with E-state index in [1.165, 1.54) is 0 Å². The van der Waals surface area contributed by atoms with E-state index in [9.17, 15) is 17.6 Å². The Kier molecular flexibility index (Phi) is 14.8. The highest BCUT2D eigenvalue weighted by molar-refractivity contribution is 5.51. The summed E-state index contributed by atoms with van der Waals surface area (Å²) >= 11 is 0. The third-order valence-electron chi connectivity index (χ3n) is 8.89. The van der Waals surface area contributed by atoms with Crippen LogP contribution in [0.4, 0.5) is 46.5 Å². The molecule has 4 rings (SSSR count). The Balaban J connectivity index is 1.33. The number of nitrogens with one attached hydrogen (secondary N) is 2. The number of unbranched alkanes of at least 4 members (excludes halogenated alkanes) is 10. The summed E-state index contributed by atoms with van der Waals surface area (Å²) < 4.78 is 141. The molecule has 2 heterocycles. The van der Waals surface area contributed by atoms with Crippen molar-refractivity contribution < 1.29 is 54.1 Å². The molecule has 2 fully saturated rings. The van der Waals surface area contributed by atoms with E-state index in [1.54, 1.807) is 0 Å². The first-order chi connectivity index (χ1) is 23.6. The van der Waals surface area contributed by atoms with Gasteiger partial charge in [-0.3, -0.25) is 0 Å². The molecule has 0 unspecified atom stereocenters. The average Bonchev–Trinajstić information content (AvgIpc) is 3.10. The van der Waals surface area contributed by atoms with Crippen molar-refractivity contribution >= 4 is 11.4 Å². The first-order valence-corrected chi connectivity index (χ1v) is 17.2. The van der Waals surface area contributed by atoms with Crippen LogP contribution >= 0.6 is 0 Å². The molecule has 2 aliphatic heterocycles. The normalized spacial score (nSPS) is 21.0. The summed E-state index contributed by atoms with van der Waals surface area (Å²) in [5.74, 6) is -13.2. The molecule has 2 aliphatic rings. The van der Waals surface area contributed by atoms with Gasteiger partial charge in [0.25, 0.3) is 0 Å². The largest absolute Gasteiger partial charge is 0.380 e. The van der Waals surface area contributed by atoms with E-state index in [1.807, 2.05) is 0 Å². The highest BCUT2D eigenvalue weighted by Crippen LogP contribution is 2.42. The van der Waals surface area contributed by atoms with Crippen LogP contribution in [0.3, 0.4) is 0 Å². The Bertz CT molecular complexity index is 1220. The number of hydrogen-bond donors (Lipinski definition) is 2. The van der Waals surface area contributed by atoms with Crippen LogP contribution in [0.15, 0.2) is 0 Å². The molecule has 0 aliphatic carbocycles. The van der Waals surface area contributed by atoms with Crippen LogP contribution < -0.4 is 10.6 Å².